The Kier molecular flexibility index (Phi) is 5.94. The van der Waals surface area contributed by atoms with Crippen molar-refractivity contribution in [3.63, 3.8) is 0 Å². The van der Waals surface area contributed by atoms with E-state index in [0.29, 0.717) is 19.5 Å². The van der Waals surface area contributed by atoms with Gasteiger partial charge in [-0.05, 0) is 41.5 Å². The Morgan fingerprint density at radius 3 is 2.73 bits per heavy atom. The zero-order chi connectivity index (χ0) is 18.6. The van der Waals surface area contributed by atoms with Crippen molar-refractivity contribution in [1.29, 1.82) is 0 Å². The van der Waals surface area contributed by atoms with Crippen LogP contribution in [0.5, 0.6) is 0 Å². The van der Waals surface area contributed by atoms with Gasteiger partial charge in [0, 0.05) is 26.1 Å². The maximum absolute atomic E-state index is 12.6. The molecule has 1 amide bonds. The second-order valence-corrected chi connectivity index (χ2v) is 8.98. The largest absolute Gasteiger partial charge is 0.342 e. The maximum atomic E-state index is 12.6. The molecule has 2 aromatic carbocycles. The Labute approximate surface area is 155 Å². The van der Waals surface area contributed by atoms with E-state index in [1.165, 1.54) is 22.6 Å². The van der Waals surface area contributed by atoms with Crippen LogP contribution in [-0.2, 0) is 21.2 Å². The van der Waals surface area contributed by atoms with Crippen molar-refractivity contribution in [2.75, 3.05) is 25.9 Å². The highest BCUT2D eigenvalue weighted by atomic mass is 32.2. The van der Waals surface area contributed by atoms with E-state index in [4.69, 9.17) is 0 Å². The standard InChI is InChI=1S/C20H26N2O3S/c1-26(24,25)21-14-17-5-4-12-22(15-17)20(23)11-9-16-8-10-18-6-2-3-7-19(18)13-16/h2-3,6-8,10,13,17,21H,4-5,9,11-12,14-15H2,1H3. The molecule has 3 rings (SSSR count). The molecule has 1 fully saturated rings. The number of rotatable bonds is 6. The first-order chi connectivity index (χ1) is 12.4. The zero-order valence-corrected chi connectivity index (χ0v) is 16.0. The highest BCUT2D eigenvalue weighted by molar-refractivity contribution is 7.88. The minimum atomic E-state index is -3.18. The lowest BCUT2D eigenvalue weighted by Crippen LogP contribution is -2.43. The van der Waals surface area contributed by atoms with Gasteiger partial charge in [-0.15, -0.1) is 0 Å². The molecular weight excluding hydrogens is 348 g/mol. The van der Waals surface area contributed by atoms with Crippen LogP contribution in [0, 0.1) is 5.92 Å². The average Bonchev–Trinajstić information content (AvgIpc) is 2.64. The number of aryl methyl sites for hydroxylation is 1. The number of piperidine rings is 1. The summed E-state index contributed by atoms with van der Waals surface area (Å²) >= 11 is 0. The quantitative estimate of drug-likeness (QED) is 0.845. The van der Waals surface area contributed by atoms with Crippen LogP contribution in [0.2, 0.25) is 0 Å². The van der Waals surface area contributed by atoms with Crippen molar-refractivity contribution in [2.24, 2.45) is 5.92 Å². The third-order valence-electron chi connectivity index (χ3n) is 4.95. The van der Waals surface area contributed by atoms with Crippen LogP contribution in [0.4, 0.5) is 0 Å². The lowest BCUT2D eigenvalue weighted by Gasteiger charge is -2.33. The van der Waals surface area contributed by atoms with E-state index in [9.17, 15) is 13.2 Å². The van der Waals surface area contributed by atoms with Gasteiger partial charge in [-0.3, -0.25) is 4.79 Å². The van der Waals surface area contributed by atoms with Crippen LogP contribution in [0.3, 0.4) is 0 Å². The second-order valence-electron chi connectivity index (χ2n) is 7.15. The molecule has 6 heteroatoms. The Balaban J connectivity index is 1.53. The number of carbonyl (C=O) groups excluding carboxylic acids is 1. The molecule has 0 aromatic heterocycles. The average molecular weight is 375 g/mol. The maximum Gasteiger partial charge on any atom is 0.222 e. The number of benzene rings is 2. The molecular formula is C20H26N2O3S. The lowest BCUT2D eigenvalue weighted by molar-refractivity contribution is -0.132. The van der Waals surface area contributed by atoms with Gasteiger partial charge in [-0.25, -0.2) is 13.1 Å². The molecule has 1 atom stereocenters. The van der Waals surface area contributed by atoms with Crippen LogP contribution in [-0.4, -0.2) is 45.1 Å². The van der Waals surface area contributed by atoms with Crippen LogP contribution < -0.4 is 4.72 Å². The molecule has 0 aliphatic carbocycles. The van der Waals surface area contributed by atoms with Gasteiger partial charge in [0.15, 0.2) is 0 Å². The minimum Gasteiger partial charge on any atom is -0.342 e. The number of sulfonamides is 1. The van der Waals surface area contributed by atoms with Gasteiger partial charge >= 0.3 is 0 Å². The van der Waals surface area contributed by atoms with Crippen molar-refractivity contribution < 1.29 is 13.2 Å². The molecule has 140 valence electrons. The molecule has 1 saturated heterocycles. The molecule has 0 spiro atoms. The Hall–Kier alpha value is -1.92. The molecule has 1 unspecified atom stereocenters. The third-order valence-corrected chi connectivity index (χ3v) is 5.64. The van der Waals surface area contributed by atoms with E-state index in [1.54, 1.807) is 0 Å². The first-order valence-electron chi connectivity index (χ1n) is 9.11. The molecule has 1 aliphatic heterocycles. The van der Waals surface area contributed by atoms with Gasteiger partial charge in [0.1, 0.15) is 0 Å². The van der Waals surface area contributed by atoms with E-state index in [1.807, 2.05) is 17.0 Å². The molecule has 5 nitrogen and oxygen atoms in total. The van der Waals surface area contributed by atoms with E-state index in [0.717, 1.165) is 25.8 Å². The number of nitrogens with zero attached hydrogens (tertiary/aromatic N) is 1. The third kappa shape index (κ3) is 5.29. The zero-order valence-electron chi connectivity index (χ0n) is 15.1. The predicted molar refractivity (Wildman–Crippen MR) is 104 cm³/mol. The van der Waals surface area contributed by atoms with Crippen molar-refractivity contribution in [3.05, 3.63) is 48.0 Å². The molecule has 1 N–H and O–H groups in total. The van der Waals surface area contributed by atoms with Gasteiger partial charge in [-0.1, -0.05) is 42.5 Å². The summed E-state index contributed by atoms with van der Waals surface area (Å²) in [4.78, 5) is 14.5. The number of hydrogen-bond donors (Lipinski definition) is 1. The number of hydrogen-bond acceptors (Lipinski definition) is 3. The smallest absolute Gasteiger partial charge is 0.222 e. The predicted octanol–water partition coefficient (Wildman–Crippen LogP) is 2.56. The number of likely N-dealkylation sites (tertiary alicyclic amines) is 1. The topological polar surface area (TPSA) is 66.5 Å². The van der Waals surface area contributed by atoms with E-state index >= 15 is 0 Å². The highest BCUT2D eigenvalue weighted by Crippen LogP contribution is 2.19. The van der Waals surface area contributed by atoms with Gasteiger partial charge in [0.25, 0.3) is 0 Å². The van der Waals surface area contributed by atoms with Crippen LogP contribution in [0.1, 0.15) is 24.8 Å². The minimum absolute atomic E-state index is 0.155. The number of amides is 1. The van der Waals surface area contributed by atoms with Gasteiger partial charge in [-0.2, -0.15) is 0 Å². The second kappa shape index (κ2) is 8.18. The van der Waals surface area contributed by atoms with Crippen LogP contribution in [0.15, 0.2) is 42.5 Å². The summed E-state index contributed by atoms with van der Waals surface area (Å²) in [5, 5.41) is 2.40. The summed E-state index contributed by atoms with van der Waals surface area (Å²) in [7, 11) is -3.18. The summed E-state index contributed by atoms with van der Waals surface area (Å²) in [5.41, 5.74) is 1.17. The molecule has 0 saturated carbocycles. The van der Waals surface area contributed by atoms with Gasteiger partial charge in [0.05, 0.1) is 6.26 Å². The van der Waals surface area contributed by atoms with Gasteiger partial charge < -0.3 is 4.90 Å². The normalized spacial score (nSPS) is 18.2. The number of carbonyl (C=O) groups is 1. The molecule has 26 heavy (non-hydrogen) atoms. The summed E-state index contributed by atoms with van der Waals surface area (Å²) < 4.78 is 25.1. The first-order valence-corrected chi connectivity index (χ1v) is 11.0. The Morgan fingerprint density at radius 2 is 1.96 bits per heavy atom. The summed E-state index contributed by atoms with van der Waals surface area (Å²) in [6.45, 7) is 1.82. The Bertz CT molecular complexity index is 880. The van der Waals surface area contributed by atoms with E-state index < -0.39 is 10.0 Å². The summed E-state index contributed by atoms with van der Waals surface area (Å²) in [6, 6.07) is 14.6. The molecule has 1 heterocycles. The van der Waals surface area contributed by atoms with E-state index in [2.05, 4.69) is 35.1 Å². The fourth-order valence-corrected chi connectivity index (χ4v) is 4.07. The van der Waals surface area contributed by atoms with Crippen molar-refractivity contribution in [2.45, 2.75) is 25.7 Å². The fourth-order valence-electron chi connectivity index (χ4n) is 3.53. The van der Waals surface area contributed by atoms with Crippen LogP contribution >= 0.6 is 0 Å². The van der Waals surface area contributed by atoms with E-state index in [-0.39, 0.29) is 11.8 Å². The summed E-state index contributed by atoms with van der Waals surface area (Å²) in [5.74, 6) is 0.352. The SMILES string of the molecule is CS(=O)(=O)NCC1CCCN(C(=O)CCc2ccc3ccccc3c2)C1. The highest BCUT2D eigenvalue weighted by Gasteiger charge is 2.24. The molecule has 2 aromatic rings. The number of fused-ring (bicyclic) bond motifs is 1. The Morgan fingerprint density at radius 1 is 1.19 bits per heavy atom. The van der Waals surface area contributed by atoms with Crippen molar-refractivity contribution in [3.8, 4) is 0 Å². The number of nitrogens with one attached hydrogen (secondary N) is 1. The molecule has 0 radical (unpaired) electrons. The molecule has 0 bridgehead atoms. The van der Waals surface area contributed by atoms with Gasteiger partial charge in [0.2, 0.25) is 15.9 Å². The fraction of sp³-hybridized carbons (Fsp3) is 0.450. The van der Waals surface area contributed by atoms with Crippen molar-refractivity contribution >= 4 is 26.7 Å². The molecule has 1 aliphatic rings. The van der Waals surface area contributed by atoms with Crippen molar-refractivity contribution in [1.82, 2.24) is 9.62 Å². The lowest BCUT2D eigenvalue weighted by atomic mass is 9.97. The monoisotopic (exact) mass is 374 g/mol. The first kappa shape index (κ1) is 18.9. The summed E-state index contributed by atoms with van der Waals surface area (Å²) in [6.07, 6.45) is 4.27. The van der Waals surface area contributed by atoms with Crippen LogP contribution in [0.25, 0.3) is 10.8 Å².